The van der Waals surface area contributed by atoms with Crippen molar-refractivity contribution in [3.63, 3.8) is 0 Å². The highest BCUT2D eigenvalue weighted by molar-refractivity contribution is 5.14. The second-order valence-electron chi connectivity index (χ2n) is 5.00. The molecule has 0 aliphatic rings. The van der Waals surface area contributed by atoms with Crippen LogP contribution in [0.3, 0.4) is 0 Å². The third-order valence-corrected chi connectivity index (χ3v) is 3.32. The molecule has 0 bridgehead atoms. The van der Waals surface area contributed by atoms with Crippen molar-refractivity contribution < 1.29 is 4.74 Å². The fourth-order valence-corrected chi connectivity index (χ4v) is 2.10. The Morgan fingerprint density at radius 1 is 1.21 bits per heavy atom. The van der Waals surface area contributed by atoms with Crippen LogP contribution in [-0.4, -0.2) is 31.8 Å². The SMILES string of the molecule is CCNC(C)CCOC(CN)CCc1ccccc1. The van der Waals surface area contributed by atoms with Crippen LogP contribution in [0.2, 0.25) is 0 Å². The molecule has 2 atom stereocenters. The van der Waals surface area contributed by atoms with Gasteiger partial charge in [-0.2, -0.15) is 0 Å². The molecule has 3 N–H and O–H groups in total. The van der Waals surface area contributed by atoms with Gasteiger partial charge in [-0.15, -0.1) is 0 Å². The van der Waals surface area contributed by atoms with Crippen LogP contribution in [0.25, 0.3) is 0 Å². The van der Waals surface area contributed by atoms with E-state index in [1.807, 2.05) is 6.07 Å². The molecule has 0 saturated heterocycles. The van der Waals surface area contributed by atoms with Gasteiger partial charge < -0.3 is 15.8 Å². The third kappa shape index (κ3) is 7.31. The maximum absolute atomic E-state index is 5.86. The van der Waals surface area contributed by atoms with Crippen molar-refractivity contribution >= 4 is 0 Å². The lowest BCUT2D eigenvalue weighted by Gasteiger charge is -2.18. The van der Waals surface area contributed by atoms with E-state index in [1.165, 1.54) is 5.56 Å². The molecule has 0 radical (unpaired) electrons. The predicted octanol–water partition coefficient (Wildman–Crippen LogP) is 2.35. The van der Waals surface area contributed by atoms with E-state index in [0.717, 1.165) is 32.4 Å². The van der Waals surface area contributed by atoms with Crippen molar-refractivity contribution in [2.24, 2.45) is 5.73 Å². The molecular formula is C16H28N2O. The molecule has 0 aliphatic heterocycles. The van der Waals surface area contributed by atoms with E-state index < -0.39 is 0 Å². The smallest absolute Gasteiger partial charge is 0.0700 e. The first-order valence-corrected chi connectivity index (χ1v) is 7.35. The minimum Gasteiger partial charge on any atom is -0.377 e. The molecule has 1 rings (SSSR count). The molecule has 0 aliphatic carbocycles. The third-order valence-electron chi connectivity index (χ3n) is 3.32. The van der Waals surface area contributed by atoms with Crippen LogP contribution in [0.15, 0.2) is 30.3 Å². The van der Waals surface area contributed by atoms with Gasteiger partial charge in [-0.25, -0.2) is 0 Å². The second kappa shape index (κ2) is 9.96. The Kier molecular flexibility index (Phi) is 8.47. The van der Waals surface area contributed by atoms with Crippen LogP contribution in [0, 0.1) is 0 Å². The van der Waals surface area contributed by atoms with Gasteiger partial charge >= 0.3 is 0 Å². The Bertz CT molecular complexity index is 316. The molecule has 0 fully saturated rings. The fourth-order valence-electron chi connectivity index (χ4n) is 2.10. The van der Waals surface area contributed by atoms with Gasteiger partial charge in [-0.05, 0) is 38.3 Å². The lowest BCUT2D eigenvalue weighted by atomic mass is 10.1. The van der Waals surface area contributed by atoms with Gasteiger partial charge in [0.25, 0.3) is 0 Å². The van der Waals surface area contributed by atoms with E-state index in [1.54, 1.807) is 0 Å². The average Bonchev–Trinajstić information content (AvgIpc) is 2.44. The number of benzene rings is 1. The molecule has 108 valence electrons. The van der Waals surface area contributed by atoms with Gasteiger partial charge in [0.15, 0.2) is 0 Å². The topological polar surface area (TPSA) is 47.3 Å². The van der Waals surface area contributed by atoms with Crippen LogP contribution in [0.4, 0.5) is 0 Å². The molecule has 0 spiro atoms. The van der Waals surface area contributed by atoms with Crippen molar-refractivity contribution in [1.29, 1.82) is 0 Å². The predicted molar refractivity (Wildman–Crippen MR) is 81.3 cm³/mol. The second-order valence-corrected chi connectivity index (χ2v) is 5.00. The van der Waals surface area contributed by atoms with E-state index in [4.69, 9.17) is 10.5 Å². The van der Waals surface area contributed by atoms with Gasteiger partial charge in [-0.3, -0.25) is 0 Å². The number of ether oxygens (including phenoxy) is 1. The first kappa shape index (κ1) is 16.2. The van der Waals surface area contributed by atoms with Crippen LogP contribution in [-0.2, 0) is 11.2 Å². The van der Waals surface area contributed by atoms with Crippen LogP contribution >= 0.6 is 0 Å². The normalized spacial score (nSPS) is 14.3. The monoisotopic (exact) mass is 264 g/mol. The first-order valence-electron chi connectivity index (χ1n) is 7.35. The molecule has 0 amide bonds. The van der Waals surface area contributed by atoms with E-state index in [9.17, 15) is 0 Å². The van der Waals surface area contributed by atoms with Crippen LogP contribution in [0.1, 0.15) is 32.3 Å². The summed E-state index contributed by atoms with van der Waals surface area (Å²) in [5.74, 6) is 0. The van der Waals surface area contributed by atoms with Crippen molar-refractivity contribution in [3.05, 3.63) is 35.9 Å². The number of hydrogen-bond donors (Lipinski definition) is 2. The summed E-state index contributed by atoms with van der Waals surface area (Å²) in [6, 6.07) is 11.0. The van der Waals surface area contributed by atoms with Gasteiger partial charge in [0, 0.05) is 19.2 Å². The van der Waals surface area contributed by atoms with Gasteiger partial charge in [0.05, 0.1) is 6.10 Å². The molecule has 2 unspecified atom stereocenters. The Hall–Kier alpha value is -0.900. The Morgan fingerprint density at radius 2 is 1.95 bits per heavy atom. The molecule has 19 heavy (non-hydrogen) atoms. The molecule has 3 nitrogen and oxygen atoms in total. The maximum Gasteiger partial charge on any atom is 0.0700 e. The fraction of sp³-hybridized carbons (Fsp3) is 0.625. The number of rotatable bonds is 10. The van der Waals surface area contributed by atoms with E-state index >= 15 is 0 Å². The van der Waals surface area contributed by atoms with Crippen molar-refractivity contribution in [1.82, 2.24) is 5.32 Å². The highest BCUT2D eigenvalue weighted by atomic mass is 16.5. The van der Waals surface area contributed by atoms with Crippen molar-refractivity contribution in [3.8, 4) is 0 Å². The standard InChI is InChI=1S/C16H28N2O/c1-3-18-14(2)11-12-19-16(13-17)10-9-15-7-5-4-6-8-15/h4-8,14,16,18H,3,9-13,17H2,1-2H3. The molecule has 1 aromatic carbocycles. The largest absolute Gasteiger partial charge is 0.377 e. The number of nitrogens with one attached hydrogen (secondary N) is 1. The quantitative estimate of drug-likeness (QED) is 0.682. The zero-order valence-corrected chi connectivity index (χ0v) is 12.3. The summed E-state index contributed by atoms with van der Waals surface area (Å²) >= 11 is 0. The Morgan fingerprint density at radius 3 is 2.58 bits per heavy atom. The average molecular weight is 264 g/mol. The van der Waals surface area contributed by atoms with Gasteiger partial charge in [-0.1, -0.05) is 37.3 Å². The zero-order valence-electron chi connectivity index (χ0n) is 12.3. The Labute approximate surface area is 117 Å². The van der Waals surface area contributed by atoms with E-state index in [0.29, 0.717) is 12.6 Å². The lowest BCUT2D eigenvalue weighted by Crippen LogP contribution is -2.30. The molecule has 0 saturated carbocycles. The molecule has 1 aromatic rings. The molecule has 0 aromatic heterocycles. The van der Waals surface area contributed by atoms with Crippen molar-refractivity contribution in [2.45, 2.75) is 45.3 Å². The number of hydrogen-bond acceptors (Lipinski definition) is 3. The zero-order chi connectivity index (χ0) is 13.9. The summed E-state index contributed by atoms with van der Waals surface area (Å²) in [4.78, 5) is 0. The highest BCUT2D eigenvalue weighted by Crippen LogP contribution is 2.07. The van der Waals surface area contributed by atoms with Gasteiger partial charge in [0.2, 0.25) is 0 Å². The summed E-state index contributed by atoms with van der Waals surface area (Å²) in [6.45, 7) is 6.71. The molecule has 3 heteroatoms. The van der Waals surface area contributed by atoms with Crippen LogP contribution in [0.5, 0.6) is 0 Å². The number of aryl methyl sites for hydroxylation is 1. The summed E-state index contributed by atoms with van der Waals surface area (Å²) in [5.41, 5.74) is 7.12. The first-order chi connectivity index (χ1) is 9.26. The summed E-state index contributed by atoms with van der Waals surface area (Å²) in [6.07, 6.45) is 3.24. The van der Waals surface area contributed by atoms with Gasteiger partial charge in [0.1, 0.15) is 0 Å². The summed E-state index contributed by atoms with van der Waals surface area (Å²) in [7, 11) is 0. The minimum absolute atomic E-state index is 0.175. The number of nitrogens with two attached hydrogens (primary N) is 1. The molecular weight excluding hydrogens is 236 g/mol. The highest BCUT2D eigenvalue weighted by Gasteiger charge is 2.08. The summed E-state index contributed by atoms with van der Waals surface area (Å²) < 4.78 is 5.86. The minimum atomic E-state index is 0.175. The van der Waals surface area contributed by atoms with E-state index in [-0.39, 0.29) is 6.10 Å². The van der Waals surface area contributed by atoms with Crippen molar-refractivity contribution in [2.75, 3.05) is 19.7 Å². The van der Waals surface area contributed by atoms with E-state index in [2.05, 4.69) is 43.4 Å². The van der Waals surface area contributed by atoms with Crippen LogP contribution < -0.4 is 11.1 Å². The summed E-state index contributed by atoms with van der Waals surface area (Å²) in [5, 5.41) is 3.38. The molecule has 0 heterocycles. The Balaban J connectivity index is 2.19. The lowest BCUT2D eigenvalue weighted by molar-refractivity contribution is 0.0484. The maximum atomic E-state index is 5.86.